The fourth-order valence-electron chi connectivity index (χ4n) is 2.37. The zero-order chi connectivity index (χ0) is 17.8. The summed E-state index contributed by atoms with van der Waals surface area (Å²) < 4.78 is 10.3. The van der Waals surface area contributed by atoms with E-state index in [1.807, 2.05) is 38.1 Å². The quantitative estimate of drug-likeness (QED) is 0.714. The molecule has 0 saturated carbocycles. The molecule has 3 aromatic rings. The topological polar surface area (TPSA) is 81.2 Å². The van der Waals surface area contributed by atoms with Crippen LogP contribution in [0.2, 0.25) is 0 Å². The highest BCUT2D eigenvalue weighted by atomic mass is 32.2. The van der Waals surface area contributed by atoms with Crippen molar-refractivity contribution in [2.75, 3.05) is 11.1 Å². The van der Waals surface area contributed by atoms with Crippen molar-refractivity contribution in [1.29, 1.82) is 0 Å². The zero-order valence-electron chi connectivity index (χ0n) is 14.3. The van der Waals surface area contributed by atoms with E-state index in [0.717, 1.165) is 34.0 Å². The molecule has 0 radical (unpaired) electrons. The van der Waals surface area contributed by atoms with E-state index >= 15 is 0 Å². The van der Waals surface area contributed by atoms with Gasteiger partial charge in [0, 0.05) is 29.5 Å². The number of rotatable bonds is 6. The maximum atomic E-state index is 12.1. The summed E-state index contributed by atoms with van der Waals surface area (Å²) >= 11 is 1.53. The Balaban J connectivity index is 1.51. The number of nitrogens with one attached hydrogen (secondary N) is 1. The number of oxazole rings is 1. The lowest BCUT2D eigenvalue weighted by Gasteiger charge is -2.06. The van der Waals surface area contributed by atoms with Crippen LogP contribution in [0.25, 0.3) is 11.3 Å². The van der Waals surface area contributed by atoms with Gasteiger partial charge in [0.25, 0.3) is 0 Å². The third-order valence-corrected chi connectivity index (χ3v) is 4.70. The van der Waals surface area contributed by atoms with Crippen LogP contribution < -0.4 is 5.32 Å². The number of aromatic nitrogens is 2. The number of hydrogen-bond donors (Lipinski definition) is 1. The second-order valence-corrected chi connectivity index (χ2v) is 6.66. The molecule has 0 bridgehead atoms. The van der Waals surface area contributed by atoms with Crippen molar-refractivity contribution in [2.45, 2.75) is 26.5 Å². The Morgan fingerprint density at radius 1 is 1.20 bits per heavy atom. The van der Waals surface area contributed by atoms with E-state index in [1.54, 1.807) is 13.2 Å². The molecule has 130 valence electrons. The molecule has 1 N–H and O–H groups in total. The lowest BCUT2D eigenvalue weighted by molar-refractivity contribution is -0.113. The molecule has 0 fully saturated rings. The third-order valence-electron chi connectivity index (χ3n) is 3.74. The van der Waals surface area contributed by atoms with Crippen molar-refractivity contribution < 1.29 is 13.7 Å². The summed E-state index contributed by atoms with van der Waals surface area (Å²) in [6.45, 7) is 5.59. The number of hydrogen-bond acceptors (Lipinski definition) is 6. The summed E-state index contributed by atoms with van der Waals surface area (Å²) in [6, 6.07) is 7.53. The van der Waals surface area contributed by atoms with Crippen molar-refractivity contribution in [1.82, 2.24) is 10.1 Å². The second kappa shape index (κ2) is 7.57. The molecule has 2 heterocycles. The zero-order valence-corrected chi connectivity index (χ0v) is 15.1. The van der Waals surface area contributed by atoms with Crippen LogP contribution in [0, 0.1) is 20.8 Å². The van der Waals surface area contributed by atoms with Gasteiger partial charge in [0.05, 0.1) is 11.4 Å². The van der Waals surface area contributed by atoms with Crippen LogP contribution >= 0.6 is 11.8 Å². The number of nitrogens with zero attached hydrogens (tertiary/aromatic N) is 2. The Morgan fingerprint density at radius 2 is 1.96 bits per heavy atom. The van der Waals surface area contributed by atoms with Crippen LogP contribution in [-0.2, 0) is 10.5 Å². The SMILES string of the molecule is Cc1nc(-c2ccc(NC(=O)CSCc3c(C)noc3C)cc2)co1. The van der Waals surface area contributed by atoms with E-state index in [1.165, 1.54) is 11.8 Å². The molecule has 0 aliphatic carbocycles. The number of anilines is 1. The Hall–Kier alpha value is -2.54. The average molecular weight is 357 g/mol. The summed E-state index contributed by atoms with van der Waals surface area (Å²) in [6.07, 6.45) is 1.62. The molecule has 0 unspecified atom stereocenters. The number of aryl methyl sites for hydroxylation is 3. The van der Waals surface area contributed by atoms with Gasteiger partial charge in [0.15, 0.2) is 5.89 Å². The van der Waals surface area contributed by atoms with Gasteiger partial charge < -0.3 is 14.3 Å². The molecule has 0 aliphatic heterocycles. The molecule has 25 heavy (non-hydrogen) atoms. The van der Waals surface area contributed by atoms with Gasteiger partial charge in [-0.2, -0.15) is 0 Å². The predicted octanol–water partition coefficient (Wildman–Crippen LogP) is 4.13. The van der Waals surface area contributed by atoms with Gasteiger partial charge in [0.2, 0.25) is 5.91 Å². The molecule has 6 nitrogen and oxygen atoms in total. The molecule has 7 heteroatoms. The molecule has 2 aromatic heterocycles. The molecule has 0 saturated heterocycles. The van der Waals surface area contributed by atoms with Gasteiger partial charge in [-0.3, -0.25) is 4.79 Å². The molecule has 1 aromatic carbocycles. The van der Waals surface area contributed by atoms with E-state index in [-0.39, 0.29) is 5.91 Å². The van der Waals surface area contributed by atoms with Gasteiger partial charge in [-0.25, -0.2) is 4.98 Å². The number of thioether (sulfide) groups is 1. The maximum Gasteiger partial charge on any atom is 0.234 e. The predicted molar refractivity (Wildman–Crippen MR) is 97.4 cm³/mol. The minimum Gasteiger partial charge on any atom is -0.449 e. The number of carbonyl (C=O) groups excluding carboxylic acids is 1. The van der Waals surface area contributed by atoms with Gasteiger partial charge in [0.1, 0.15) is 17.7 Å². The van der Waals surface area contributed by atoms with Gasteiger partial charge >= 0.3 is 0 Å². The normalized spacial score (nSPS) is 10.8. The van der Waals surface area contributed by atoms with Crippen LogP contribution in [0.3, 0.4) is 0 Å². The molecule has 0 aliphatic rings. The van der Waals surface area contributed by atoms with Crippen LogP contribution in [0.15, 0.2) is 39.5 Å². The van der Waals surface area contributed by atoms with Crippen molar-refractivity contribution in [3.63, 3.8) is 0 Å². The van der Waals surface area contributed by atoms with E-state index < -0.39 is 0 Å². The summed E-state index contributed by atoms with van der Waals surface area (Å²) in [5.74, 6) is 2.47. The molecule has 1 amide bonds. The summed E-state index contributed by atoms with van der Waals surface area (Å²) in [5, 5.41) is 6.81. The summed E-state index contributed by atoms with van der Waals surface area (Å²) in [4.78, 5) is 16.4. The Bertz CT molecular complexity index is 849. The molecular formula is C18H19N3O3S. The van der Waals surface area contributed by atoms with E-state index in [9.17, 15) is 4.79 Å². The van der Waals surface area contributed by atoms with Gasteiger partial charge in [-0.05, 0) is 26.0 Å². The molecular weight excluding hydrogens is 338 g/mol. The highest BCUT2D eigenvalue weighted by Crippen LogP contribution is 2.22. The number of benzene rings is 1. The van der Waals surface area contributed by atoms with E-state index in [0.29, 0.717) is 17.4 Å². The third kappa shape index (κ3) is 4.30. The highest BCUT2D eigenvalue weighted by molar-refractivity contribution is 7.99. The first kappa shape index (κ1) is 17.3. The average Bonchev–Trinajstić information content (AvgIpc) is 3.16. The Labute approximate surface area is 150 Å². The fourth-order valence-corrected chi connectivity index (χ4v) is 3.35. The summed E-state index contributed by atoms with van der Waals surface area (Å²) in [5.41, 5.74) is 4.43. The van der Waals surface area contributed by atoms with Crippen LogP contribution in [0.1, 0.15) is 22.9 Å². The minimum absolute atomic E-state index is 0.0400. The van der Waals surface area contributed by atoms with Crippen molar-refractivity contribution >= 4 is 23.4 Å². The van der Waals surface area contributed by atoms with Crippen molar-refractivity contribution in [3.05, 3.63) is 53.4 Å². The summed E-state index contributed by atoms with van der Waals surface area (Å²) in [7, 11) is 0. The Morgan fingerprint density at radius 3 is 2.56 bits per heavy atom. The lowest BCUT2D eigenvalue weighted by Crippen LogP contribution is -2.14. The monoisotopic (exact) mass is 357 g/mol. The number of amides is 1. The van der Waals surface area contributed by atoms with Crippen molar-refractivity contribution in [2.24, 2.45) is 0 Å². The molecule has 0 spiro atoms. The largest absolute Gasteiger partial charge is 0.449 e. The standard InChI is InChI=1S/C18H19N3O3S/c1-11-16(12(2)24-21-11)9-25-10-18(22)20-15-6-4-14(5-7-15)17-8-23-13(3)19-17/h4-8H,9-10H2,1-3H3,(H,20,22). The van der Waals surface area contributed by atoms with Crippen LogP contribution in [0.4, 0.5) is 5.69 Å². The highest BCUT2D eigenvalue weighted by Gasteiger charge is 2.10. The maximum absolute atomic E-state index is 12.1. The van der Waals surface area contributed by atoms with Gasteiger partial charge in [-0.15, -0.1) is 11.8 Å². The first-order chi connectivity index (χ1) is 12.0. The first-order valence-corrected chi connectivity index (χ1v) is 9.00. The van der Waals surface area contributed by atoms with Gasteiger partial charge in [-0.1, -0.05) is 17.3 Å². The molecule has 0 atom stereocenters. The van der Waals surface area contributed by atoms with E-state index in [2.05, 4.69) is 15.5 Å². The number of carbonyl (C=O) groups is 1. The second-order valence-electron chi connectivity index (χ2n) is 5.67. The smallest absolute Gasteiger partial charge is 0.234 e. The Kier molecular flexibility index (Phi) is 5.23. The fraction of sp³-hybridized carbons (Fsp3) is 0.278. The first-order valence-electron chi connectivity index (χ1n) is 7.85. The molecule has 3 rings (SSSR count). The van der Waals surface area contributed by atoms with Crippen LogP contribution in [0.5, 0.6) is 0 Å². The lowest BCUT2D eigenvalue weighted by atomic mass is 10.1. The van der Waals surface area contributed by atoms with E-state index in [4.69, 9.17) is 8.94 Å². The minimum atomic E-state index is -0.0400. The van der Waals surface area contributed by atoms with Crippen LogP contribution in [-0.4, -0.2) is 21.8 Å². The van der Waals surface area contributed by atoms with Crippen molar-refractivity contribution in [3.8, 4) is 11.3 Å².